The topological polar surface area (TPSA) is 81.2 Å². The Balaban J connectivity index is 1.88. The summed E-state index contributed by atoms with van der Waals surface area (Å²) in [6.45, 7) is 5.34. The van der Waals surface area contributed by atoms with Crippen molar-refractivity contribution in [2.45, 2.75) is 44.9 Å². The highest BCUT2D eigenvalue weighted by molar-refractivity contribution is 7.98. The first-order valence-electron chi connectivity index (χ1n) is 8.44. The molecule has 1 heterocycles. The highest BCUT2D eigenvalue weighted by atomic mass is 35.5. The van der Waals surface area contributed by atoms with Gasteiger partial charge >= 0.3 is 5.97 Å². The summed E-state index contributed by atoms with van der Waals surface area (Å²) in [5.41, 5.74) is 3.23. The number of carbonyl (C=O) groups is 2. The number of aromatic nitrogens is 2. The van der Waals surface area contributed by atoms with Crippen LogP contribution < -0.4 is 5.32 Å². The fourth-order valence-corrected chi connectivity index (χ4v) is 3.06. The molecule has 1 atom stereocenters. The molecular formula is C19H22ClN3O3S. The molecule has 1 unspecified atom stereocenters. The number of rotatable bonds is 7. The quantitative estimate of drug-likeness (QED) is 0.425. The smallest absolute Gasteiger partial charge is 0.306 e. The van der Waals surface area contributed by atoms with E-state index < -0.39 is 18.0 Å². The molecule has 8 heteroatoms. The van der Waals surface area contributed by atoms with E-state index in [1.165, 1.54) is 18.7 Å². The van der Waals surface area contributed by atoms with Crippen molar-refractivity contribution in [3.63, 3.8) is 0 Å². The molecule has 0 saturated heterocycles. The van der Waals surface area contributed by atoms with Crippen molar-refractivity contribution in [1.29, 1.82) is 0 Å². The summed E-state index contributed by atoms with van der Waals surface area (Å²) in [6.07, 6.45) is 1.64. The van der Waals surface area contributed by atoms with Gasteiger partial charge in [-0.15, -0.1) is 0 Å². The fraction of sp³-hybridized carbons (Fsp3) is 0.368. The number of ether oxygens (including phenoxy) is 1. The summed E-state index contributed by atoms with van der Waals surface area (Å²) in [5, 5.41) is 3.97. The number of amides is 1. The number of nitrogens with zero attached hydrogens (tertiary/aromatic N) is 2. The van der Waals surface area contributed by atoms with Crippen LogP contribution in [0.15, 0.2) is 29.4 Å². The first-order chi connectivity index (χ1) is 12.8. The van der Waals surface area contributed by atoms with Crippen LogP contribution in [-0.2, 0) is 20.7 Å². The number of nitrogens with one attached hydrogen (secondary N) is 1. The Bertz CT molecular complexity index is 804. The lowest BCUT2D eigenvalue weighted by atomic mass is 10.1. The Hall–Kier alpha value is -2.12. The summed E-state index contributed by atoms with van der Waals surface area (Å²) in [5.74, 6) is -0.841. The maximum absolute atomic E-state index is 12.1. The second-order valence-electron chi connectivity index (χ2n) is 5.99. The Morgan fingerprint density at radius 1 is 1.19 bits per heavy atom. The molecular weight excluding hydrogens is 386 g/mol. The van der Waals surface area contributed by atoms with Gasteiger partial charge in [-0.25, -0.2) is 9.97 Å². The fourth-order valence-electron chi connectivity index (χ4n) is 2.48. The summed E-state index contributed by atoms with van der Waals surface area (Å²) in [4.78, 5) is 33.0. The van der Waals surface area contributed by atoms with Crippen molar-refractivity contribution in [2.75, 3.05) is 11.6 Å². The van der Waals surface area contributed by atoms with Crippen molar-refractivity contribution in [1.82, 2.24) is 9.97 Å². The predicted molar refractivity (Wildman–Crippen MR) is 107 cm³/mol. The van der Waals surface area contributed by atoms with E-state index in [4.69, 9.17) is 16.3 Å². The SMILES string of the molecule is CSc1nc(C)c(CCC(=O)OC(C)C(=O)Nc2ccc(Cl)cc2)c(C)n1. The van der Waals surface area contributed by atoms with E-state index in [0.29, 0.717) is 22.3 Å². The zero-order valence-electron chi connectivity index (χ0n) is 15.7. The largest absolute Gasteiger partial charge is 0.453 e. The number of benzene rings is 1. The summed E-state index contributed by atoms with van der Waals surface area (Å²) in [7, 11) is 0. The summed E-state index contributed by atoms with van der Waals surface area (Å²) in [6, 6.07) is 6.70. The molecule has 0 spiro atoms. The van der Waals surface area contributed by atoms with Gasteiger partial charge < -0.3 is 10.1 Å². The van der Waals surface area contributed by atoms with E-state index >= 15 is 0 Å². The van der Waals surface area contributed by atoms with Gasteiger partial charge in [-0.3, -0.25) is 9.59 Å². The molecule has 0 radical (unpaired) electrons. The molecule has 1 amide bonds. The standard InChI is InChI=1S/C19H22ClN3O3S/c1-11-16(12(2)22-19(21-11)27-4)9-10-17(24)26-13(3)18(25)23-15-7-5-14(20)6-8-15/h5-8,13H,9-10H2,1-4H3,(H,23,25). The van der Waals surface area contributed by atoms with E-state index in [2.05, 4.69) is 15.3 Å². The predicted octanol–water partition coefficient (Wildman–Crippen LogP) is 3.97. The van der Waals surface area contributed by atoms with Gasteiger partial charge in [0.25, 0.3) is 5.91 Å². The lowest BCUT2D eigenvalue weighted by molar-refractivity contribution is -0.153. The number of thioether (sulfide) groups is 1. The molecule has 6 nitrogen and oxygen atoms in total. The molecule has 0 saturated carbocycles. The molecule has 1 N–H and O–H groups in total. The average Bonchev–Trinajstić information content (AvgIpc) is 2.62. The normalized spacial score (nSPS) is 11.7. The maximum Gasteiger partial charge on any atom is 0.306 e. The van der Waals surface area contributed by atoms with Crippen LogP contribution in [-0.4, -0.2) is 34.2 Å². The second kappa shape index (κ2) is 9.71. The van der Waals surface area contributed by atoms with Crippen molar-refractivity contribution < 1.29 is 14.3 Å². The van der Waals surface area contributed by atoms with Crippen LogP contribution in [0.4, 0.5) is 5.69 Å². The first kappa shape index (κ1) is 21.2. The maximum atomic E-state index is 12.1. The highest BCUT2D eigenvalue weighted by Crippen LogP contribution is 2.18. The zero-order chi connectivity index (χ0) is 20.0. The van der Waals surface area contributed by atoms with Gasteiger partial charge in [-0.2, -0.15) is 0 Å². The van der Waals surface area contributed by atoms with Crippen molar-refractivity contribution >= 4 is 40.9 Å². The van der Waals surface area contributed by atoms with Gasteiger partial charge in [-0.1, -0.05) is 23.4 Å². The zero-order valence-corrected chi connectivity index (χ0v) is 17.3. The van der Waals surface area contributed by atoms with E-state index in [0.717, 1.165) is 17.0 Å². The highest BCUT2D eigenvalue weighted by Gasteiger charge is 2.19. The van der Waals surface area contributed by atoms with E-state index in [9.17, 15) is 9.59 Å². The monoisotopic (exact) mass is 407 g/mol. The van der Waals surface area contributed by atoms with Crippen LogP contribution in [0, 0.1) is 13.8 Å². The molecule has 27 heavy (non-hydrogen) atoms. The number of anilines is 1. The second-order valence-corrected chi connectivity index (χ2v) is 7.20. The molecule has 144 valence electrons. The van der Waals surface area contributed by atoms with Gasteiger partial charge in [0, 0.05) is 28.5 Å². The molecule has 2 rings (SSSR count). The minimum atomic E-state index is -0.898. The molecule has 0 aliphatic heterocycles. The van der Waals surface area contributed by atoms with Crippen LogP contribution in [0.1, 0.15) is 30.3 Å². The first-order valence-corrected chi connectivity index (χ1v) is 10.0. The van der Waals surface area contributed by atoms with Gasteiger partial charge in [0.15, 0.2) is 11.3 Å². The Labute approximate surface area is 168 Å². The molecule has 1 aromatic carbocycles. The average molecular weight is 408 g/mol. The lowest BCUT2D eigenvalue weighted by Crippen LogP contribution is -2.30. The number of halogens is 1. The van der Waals surface area contributed by atoms with Crippen LogP contribution in [0.25, 0.3) is 0 Å². The van der Waals surface area contributed by atoms with Crippen molar-refractivity contribution in [2.24, 2.45) is 0 Å². The molecule has 0 aliphatic carbocycles. The number of esters is 1. The Morgan fingerprint density at radius 2 is 1.78 bits per heavy atom. The van der Waals surface area contributed by atoms with E-state index in [1.54, 1.807) is 24.3 Å². The molecule has 2 aromatic rings. The third kappa shape index (κ3) is 6.22. The van der Waals surface area contributed by atoms with E-state index in [-0.39, 0.29) is 6.42 Å². The third-order valence-corrected chi connectivity index (χ3v) is 4.75. The summed E-state index contributed by atoms with van der Waals surface area (Å²) < 4.78 is 5.23. The molecule has 1 aromatic heterocycles. The van der Waals surface area contributed by atoms with Crippen LogP contribution in [0.5, 0.6) is 0 Å². The van der Waals surface area contributed by atoms with Crippen molar-refractivity contribution in [3.8, 4) is 0 Å². The molecule has 0 fully saturated rings. The van der Waals surface area contributed by atoms with Gasteiger partial charge in [-0.05, 0) is 63.3 Å². The minimum absolute atomic E-state index is 0.155. The molecule has 0 aliphatic rings. The van der Waals surface area contributed by atoms with Gasteiger partial charge in [0.2, 0.25) is 0 Å². The number of hydrogen-bond donors (Lipinski definition) is 1. The van der Waals surface area contributed by atoms with Crippen LogP contribution in [0.2, 0.25) is 5.02 Å². The van der Waals surface area contributed by atoms with Crippen LogP contribution in [0.3, 0.4) is 0 Å². The Morgan fingerprint density at radius 3 is 2.33 bits per heavy atom. The van der Waals surface area contributed by atoms with E-state index in [1.807, 2.05) is 20.1 Å². The third-order valence-electron chi connectivity index (χ3n) is 3.95. The van der Waals surface area contributed by atoms with Crippen LogP contribution >= 0.6 is 23.4 Å². The number of carbonyl (C=O) groups excluding carboxylic acids is 2. The van der Waals surface area contributed by atoms with Crippen molar-refractivity contribution in [3.05, 3.63) is 46.2 Å². The lowest BCUT2D eigenvalue weighted by Gasteiger charge is -2.14. The Kier molecular flexibility index (Phi) is 7.62. The number of hydrogen-bond acceptors (Lipinski definition) is 6. The van der Waals surface area contributed by atoms with Gasteiger partial charge in [0.1, 0.15) is 0 Å². The van der Waals surface area contributed by atoms with Gasteiger partial charge in [0.05, 0.1) is 0 Å². The minimum Gasteiger partial charge on any atom is -0.453 e. The molecule has 0 bridgehead atoms. The summed E-state index contributed by atoms with van der Waals surface area (Å²) >= 11 is 7.29. The number of aryl methyl sites for hydroxylation is 2.